The summed E-state index contributed by atoms with van der Waals surface area (Å²) in [4.78, 5) is 3.74. The van der Waals surface area contributed by atoms with Crippen molar-refractivity contribution in [3.05, 3.63) is 58.4 Å². The van der Waals surface area contributed by atoms with Gasteiger partial charge in [0.25, 0.3) is 0 Å². The summed E-state index contributed by atoms with van der Waals surface area (Å²) in [7, 11) is 0. The Morgan fingerprint density at radius 3 is 1.82 bits per heavy atom. The predicted octanol–water partition coefficient (Wildman–Crippen LogP) is 4.33. The van der Waals surface area contributed by atoms with Gasteiger partial charge in [0.1, 0.15) is 0 Å². The molecule has 3 rings (SSSR count). The van der Waals surface area contributed by atoms with Crippen molar-refractivity contribution in [2.75, 3.05) is 0 Å². The van der Waals surface area contributed by atoms with E-state index in [1.165, 1.54) is 0 Å². The Morgan fingerprint density at radius 2 is 1.65 bits per heavy atom. The summed E-state index contributed by atoms with van der Waals surface area (Å²) in [5.41, 5.74) is 1.79. The lowest BCUT2D eigenvalue weighted by Crippen LogP contribution is -1.53. The first-order valence-electron chi connectivity index (χ1n) is 5.23. The molecular weight excluding hydrogens is 250 g/mol. The van der Waals surface area contributed by atoms with Crippen molar-refractivity contribution >= 4 is 22.7 Å². The molecule has 0 bridgehead atoms. The number of nitrogens with one attached hydrogen (secondary N) is 1. The smallest absolute Gasteiger partial charge is 0.0791 e. The van der Waals surface area contributed by atoms with Crippen LogP contribution in [-0.4, -0.2) is 15.2 Å². The van der Waals surface area contributed by atoms with Crippen LogP contribution in [0.4, 0.5) is 0 Å². The van der Waals surface area contributed by atoms with Crippen molar-refractivity contribution in [1.29, 1.82) is 0 Å². The van der Waals surface area contributed by atoms with Gasteiger partial charge >= 0.3 is 0 Å². The summed E-state index contributed by atoms with van der Waals surface area (Å²) in [6.45, 7) is 4.00. The Balaban J connectivity index is 0.000000211. The first kappa shape index (κ1) is 15.5. The minimum atomic E-state index is 1.60. The van der Waals surface area contributed by atoms with Gasteiger partial charge in [-0.1, -0.05) is 26.0 Å². The Morgan fingerprint density at radius 1 is 0.882 bits per heavy atom. The number of thiophene rings is 1. The molecule has 0 saturated heterocycles. The van der Waals surface area contributed by atoms with Crippen molar-refractivity contribution in [3.8, 4) is 0 Å². The second-order valence-corrected chi connectivity index (χ2v) is 3.81. The summed E-state index contributed by atoms with van der Waals surface area (Å²) in [5, 5.41) is 12.2. The van der Waals surface area contributed by atoms with Gasteiger partial charge in [-0.3, -0.25) is 10.1 Å². The maximum Gasteiger partial charge on any atom is 0.0791 e. The van der Waals surface area contributed by atoms with Crippen molar-refractivity contribution in [3.63, 3.8) is 0 Å². The number of rotatable bonds is 0. The Kier molecular flexibility index (Phi) is 13.3. The monoisotopic (exact) mass is 267 g/mol. The number of aromatic nitrogens is 3. The number of H-pyrrole nitrogens is 1. The van der Waals surface area contributed by atoms with Crippen molar-refractivity contribution in [1.82, 2.24) is 15.2 Å². The molecule has 0 atom stereocenters. The molecule has 3 aromatic rings. The molecular formula is C12H17N3S2. The Bertz CT molecular complexity index is 252. The first-order valence-corrected chi connectivity index (χ1v) is 7.12. The summed E-state index contributed by atoms with van der Waals surface area (Å²) < 4.78 is 0. The standard InChI is InChI=1S/C4H4S.C3H4N2.C3H3NS.C2H6/c2*1-2-4-5-3-1;1-2-5-3-4-1;1-2/h1-4H;1-3H,(H,4,5);1-3H;1-2H3. The maximum atomic E-state index is 3.74. The van der Waals surface area contributed by atoms with Crippen LogP contribution in [0.25, 0.3) is 0 Å². The van der Waals surface area contributed by atoms with Gasteiger partial charge in [-0.2, -0.15) is 16.4 Å². The van der Waals surface area contributed by atoms with Gasteiger partial charge in [-0.05, 0) is 16.8 Å². The van der Waals surface area contributed by atoms with Crippen LogP contribution in [0.1, 0.15) is 13.8 Å². The van der Waals surface area contributed by atoms with E-state index in [1.54, 1.807) is 46.8 Å². The summed E-state index contributed by atoms with van der Waals surface area (Å²) in [6, 6.07) is 5.87. The van der Waals surface area contributed by atoms with Crippen LogP contribution in [0.5, 0.6) is 0 Å². The van der Waals surface area contributed by atoms with E-state index in [1.807, 2.05) is 48.2 Å². The van der Waals surface area contributed by atoms with Gasteiger partial charge in [0.05, 0.1) is 5.51 Å². The van der Waals surface area contributed by atoms with Crippen molar-refractivity contribution in [2.24, 2.45) is 0 Å². The molecule has 3 heterocycles. The molecule has 1 N–H and O–H groups in total. The number of aromatic amines is 1. The third-order valence-corrected chi connectivity index (χ3v) is 2.33. The third-order valence-electron chi connectivity index (χ3n) is 1.18. The van der Waals surface area contributed by atoms with Gasteiger partial charge in [0, 0.05) is 24.0 Å². The van der Waals surface area contributed by atoms with E-state index in [2.05, 4.69) is 15.2 Å². The maximum absolute atomic E-state index is 3.74. The SMILES string of the molecule is CC.c1ccsc1.c1cn[nH]c1.c1cscn1. The molecule has 0 amide bonds. The van der Waals surface area contributed by atoms with Crippen LogP contribution in [0, 0.1) is 0 Å². The Labute approximate surface area is 110 Å². The van der Waals surface area contributed by atoms with E-state index >= 15 is 0 Å². The largest absolute Gasteiger partial charge is 0.286 e. The number of thiazole rings is 1. The molecule has 0 aliphatic rings. The molecule has 17 heavy (non-hydrogen) atoms. The quantitative estimate of drug-likeness (QED) is 0.659. The zero-order valence-electron chi connectivity index (χ0n) is 9.98. The molecule has 92 valence electrons. The molecule has 0 aliphatic heterocycles. The van der Waals surface area contributed by atoms with Crippen molar-refractivity contribution in [2.45, 2.75) is 13.8 Å². The highest BCUT2D eigenvalue weighted by Crippen LogP contribution is 1.91. The lowest BCUT2D eigenvalue weighted by atomic mass is 10.7. The molecule has 0 saturated carbocycles. The van der Waals surface area contributed by atoms with Crippen LogP contribution in [0.15, 0.2) is 58.4 Å². The molecule has 3 aromatic heterocycles. The zero-order chi connectivity index (χ0) is 12.6. The summed E-state index contributed by atoms with van der Waals surface area (Å²) in [5.74, 6) is 0. The van der Waals surface area contributed by atoms with Gasteiger partial charge in [0.15, 0.2) is 0 Å². The first-order chi connectivity index (χ1) is 8.50. The number of nitrogens with zero attached hydrogens (tertiary/aromatic N) is 2. The minimum absolute atomic E-state index is 1.60. The lowest BCUT2D eigenvalue weighted by molar-refractivity contribution is 1.09. The number of hydrogen-bond acceptors (Lipinski definition) is 4. The van der Waals surface area contributed by atoms with Gasteiger partial charge in [0.2, 0.25) is 0 Å². The molecule has 0 radical (unpaired) electrons. The second-order valence-electron chi connectivity index (χ2n) is 2.24. The van der Waals surface area contributed by atoms with E-state index in [4.69, 9.17) is 0 Å². The molecule has 0 unspecified atom stereocenters. The minimum Gasteiger partial charge on any atom is -0.286 e. The number of hydrogen-bond donors (Lipinski definition) is 1. The predicted molar refractivity (Wildman–Crippen MR) is 76.4 cm³/mol. The highest BCUT2D eigenvalue weighted by molar-refractivity contribution is 7.07. The molecule has 0 aromatic carbocycles. The van der Waals surface area contributed by atoms with Crippen LogP contribution in [0.3, 0.4) is 0 Å². The van der Waals surface area contributed by atoms with E-state index in [9.17, 15) is 0 Å². The van der Waals surface area contributed by atoms with Crippen LogP contribution >= 0.6 is 22.7 Å². The molecule has 3 nitrogen and oxygen atoms in total. The summed E-state index contributed by atoms with van der Waals surface area (Å²) >= 11 is 3.31. The average Bonchev–Trinajstić information content (AvgIpc) is 3.16. The average molecular weight is 267 g/mol. The molecule has 0 fully saturated rings. The molecule has 0 aliphatic carbocycles. The normalized spacial score (nSPS) is 7.41. The third kappa shape index (κ3) is 12.5. The van der Waals surface area contributed by atoms with Gasteiger partial charge in [-0.25, -0.2) is 0 Å². The van der Waals surface area contributed by atoms with Crippen LogP contribution in [-0.2, 0) is 0 Å². The fourth-order valence-corrected chi connectivity index (χ4v) is 1.42. The molecule has 5 heteroatoms. The van der Waals surface area contributed by atoms with Gasteiger partial charge < -0.3 is 0 Å². The van der Waals surface area contributed by atoms with Crippen LogP contribution < -0.4 is 0 Å². The Hall–Kier alpha value is -1.46. The topological polar surface area (TPSA) is 41.6 Å². The highest BCUT2D eigenvalue weighted by atomic mass is 32.1. The second kappa shape index (κ2) is 14.5. The highest BCUT2D eigenvalue weighted by Gasteiger charge is 1.59. The zero-order valence-corrected chi connectivity index (χ0v) is 11.6. The van der Waals surface area contributed by atoms with E-state index < -0.39 is 0 Å². The fourth-order valence-electron chi connectivity index (χ4n) is 0.618. The molecule has 0 spiro atoms. The summed E-state index contributed by atoms with van der Waals surface area (Å²) in [6.07, 6.45) is 5.23. The van der Waals surface area contributed by atoms with E-state index in [0.717, 1.165) is 0 Å². The van der Waals surface area contributed by atoms with E-state index in [0.29, 0.717) is 0 Å². The van der Waals surface area contributed by atoms with Gasteiger partial charge in [-0.15, -0.1) is 11.3 Å². The van der Waals surface area contributed by atoms with Crippen LogP contribution in [0.2, 0.25) is 0 Å². The fraction of sp³-hybridized carbons (Fsp3) is 0.167. The lowest BCUT2D eigenvalue weighted by Gasteiger charge is -1.49. The van der Waals surface area contributed by atoms with Crippen molar-refractivity contribution < 1.29 is 0 Å². The van der Waals surface area contributed by atoms with E-state index in [-0.39, 0.29) is 0 Å².